The fraction of sp³-hybridized carbons (Fsp3) is 0.115. The highest BCUT2D eigenvalue weighted by Gasteiger charge is 2.47. The first-order valence-electron chi connectivity index (χ1n) is 10.5. The molecule has 2 aromatic heterocycles. The van der Waals surface area contributed by atoms with Crippen molar-refractivity contribution < 1.29 is 19.4 Å². The lowest BCUT2D eigenvalue weighted by Gasteiger charge is -2.25. The number of hydrogen-bond acceptors (Lipinski definition) is 5. The van der Waals surface area contributed by atoms with Crippen molar-refractivity contribution in [3.05, 3.63) is 102 Å². The minimum atomic E-state index is -0.786. The van der Waals surface area contributed by atoms with Crippen LogP contribution < -0.4 is 4.74 Å². The van der Waals surface area contributed by atoms with E-state index >= 15 is 0 Å². The summed E-state index contributed by atoms with van der Waals surface area (Å²) in [5.74, 6) is -1.27. The fourth-order valence-corrected chi connectivity index (χ4v) is 4.36. The van der Waals surface area contributed by atoms with Crippen molar-refractivity contribution in [3.8, 4) is 5.75 Å². The monoisotopic (exact) mass is 439 g/mol. The Kier molecular flexibility index (Phi) is 5.14. The van der Waals surface area contributed by atoms with Gasteiger partial charge in [0.25, 0.3) is 11.7 Å². The van der Waals surface area contributed by atoms with E-state index in [1.165, 1.54) is 12.0 Å². The van der Waals surface area contributed by atoms with Crippen LogP contribution >= 0.6 is 0 Å². The summed E-state index contributed by atoms with van der Waals surface area (Å²) in [6.45, 7) is 0.172. The Balaban J connectivity index is 1.73. The third-order valence-corrected chi connectivity index (χ3v) is 5.89. The molecule has 33 heavy (non-hydrogen) atoms. The van der Waals surface area contributed by atoms with Crippen molar-refractivity contribution >= 4 is 28.4 Å². The summed E-state index contributed by atoms with van der Waals surface area (Å²) in [5, 5.41) is 12.2. The summed E-state index contributed by atoms with van der Waals surface area (Å²) in [6, 6.07) is 17.4. The number of benzene rings is 2. The van der Waals surface area contributed by atoms with E-state index in [9.17, 15) is 14.7 Å². The lowest BCUT2D eigenvalue weighted by atomic mass is 9.94. The Labute approximate surface area is 190 Å². The maximum atomic E-state index is 13.3. The van der Waals surface area contributed by atoms with Gasteiger partial charge in [-0.1, -0.05) is 36.4 Å². The van der Waals surface area contributed by atoms with Gasteiger partial charge in [0.05, 0.1) is 24.3 Å². The fourth-order valence-electron chi connectivity index (χ4n) is 4.36. The molecule has 0 aliphatic carbocycles. The van der Waals surface area contributed by atoms with Crippen molar-refractivity contribution in [3.63, 3.8) is 0 Å². The number of aromatic amines is 1. The van der Waals surface area contributed by atoms with E-state index in [1.54, 1.807) is 48.9 Å². The Morgan fingerprint density at radius 2 is 1.88 bits per heavy atom. The molecule has 7 nitrogen and oxygen atoms in total. The number of nitrogens with one attached hydrogen (secondary N) is 1. The average Bonchev–Trinajstić information content (AvgIpc) is 3.38. The predicted molar refractivity (Wildman–Crippen MR) is 123 cm³/mol. The number of fused-ring (bicyclic) bond motifs is 1. The van der Waals surface area contributed by atoms with E-state index in [0.29, 0.717) is 11.3 Å². The molecule has 1 fully saturated rings. The number of amides is 1. The highest BCUT2D eigenvalue weighted by atomic mass is 16.5. The molecule has 4 aromatic rings. The number of Topliss-reactive ketones (excluding diaryl/α,β-unsaturated/α-hetero) is 1. The molecule has 0 radical (unpaired) electrons. The SMILES string of the molecule is COc1ccccc1/C(O)=C1\C(=O)C(=O)N(Cc2cccnc2)C1c1c[nH]c2ccccc12. The molecule has 1 aliphatic rings. The molecule has 5 rings (SSSR count). The zero-order valence-electron chi connectivity index (χ0n) is 17.9. The zero-order valence-corrected chi connectivity index (χ0v) is 17.9. The summed E-state index contributed by atoms with van der Waals surface area (Å²) in [6.07, 6.45) is 5.09. The van der Waals surface area contributed by atoms with E-state index in [-0.39, 0.29) is 17.9 Å². The number of nitrogens with zero attached hydrogens (tertiary/aromatic N) is 2. The topological polar surface area (TPSA) is 95.5 Å². The molecular weight excluding hydrogens is 418 g/mol. The van der Waals surface area contributed by atoms with Gasteiger partial charge in [-0.05, 0) is 29.8 Å². The lowest BCUT2D eigenvalue weighted by Crippen LogP contribution is -2.29. The average molecular weight is 439 g/mol. The molecule has 0 bridgehead atoms. The summed E-state index contributed by atoms with van der Waals surface area (Å²) in [5.41, 5.74) is 2.76. The lowest BCUT2D eigenvalue weighted by molar-refractivity contribution is -0.140. The van der Waals surface area contributed by atoms with Gasteiger partial charge in [0.2, 0.25) is 0 Å². The number of aliphatic hydroxyl groups excluding tert-OH is 1. The number of carbonyl (C=O) groups excluding carboxylic acids is 2. The number of rotatable bonds is 5. The summed E-state index contributed by atoms with van der Waals surface area (Å²) >= 11 is 0. The van der Waals surface area contributed by atoms with Gasteiger partial charge in [0.1, 0.15) is 11.5 Å². The second-order valence-electron chi connectivity index (χ2n) is 7.78. The normalized spacial score (nSPS) is 17.6. The third-order valence-electron chi connectivity index (χ3n) is 5.89. The van der Waals surface area contributed by atoms with Crippen LogP contribution in [0.3, 0.4) is 0 Å². The largest absolute Gasteiger partial charge is 0.507 e. The van der Waals surface area contributed by atoms with Crippen LogP contribution in [-0.4, -0.2) is 38.8 Å². The van der Waals surface area contributed by atoms with Gasteiger partial charge in [-0.25, -0.2) is 0 Å². The molecule has 164 valence electrons. The van der Waals surface area contributed by atoms with Crippen LogP contribution in [0.25, 0.3) is 16.7 Å². The van der Waals surface area contributed by atoms with Gasteiger partial charge in [-0.3, -0.25) is 14.6 Å². The van der Waals surface area contributed by atoms with E-state index in [2.05, 4.69) is 9.97 Å². The zero-order chi connectivity index (χ0) is 22.9. The van der Waals surface area contributed by atoms with Crippen LogP contribution in [0, 0.1) is 0 Å². The van der Waals surface area contributed by atoms with Gasteiger partial charge in [-0.15, -0.1) is 0 Å². The number of likely N-dealkylation sites (tertiary alicyclic amines) is 1. The van der Waals surface area contributed by atoms with Crippen LogP contribution in [0.2, 0.25) is 0 Å². The Morgan fingerprint density at radius 3 is 2.67 bits per heavy atom. The summed E-state index contributed by atoms with van der Waals surface area (Å²) in [7, 11) is 1.49. The first-order valence-corrected chi connectivity index (χ1v) is 10.5. The quantitative estimate of drug-likeness (QED) is 0.276. The number of methoxy groups -OCH3 is 1. The molecule has 2 N–H and O–H groups in total. The minimum absolute atomic E-state index is 0.0261. The number of H-pyrrole nitrogens is 1. The number of pyridine rings is 1. The first-order chi connectivity index (χ1) is 16.1. The number of para-hydroxylation sites is 2. The molecule has 1 unspecified atom stereocenters. The van der Waals surface area contributed by atoms with Crippen molar-refractivity contribution in [1.82, 2.24) is 14.9 Å². The van der Waals surface area contributed by atoms with E-state index < -0.39 is 17.7 Å². The summed E-state index contributed by atoms with van der Waals surface area (Å²) in [4.78, 5) is 35.3. The molecule has 2 aromatic carbocycles. The standard InChI is InChI=1S/C26H21N3O4/c1-33-21-11-5-3-9-18(21)24(30)22-23(19-14-28-20-10-4-2-8-17(19)20)29(26(32)25(22)31)15-16-7-6-12-27-13-16/h2-14,23,28,30H,15H2,1H3/b24-22+. The molecule has 1 saturated heterocycles. The van der Waals surface area contributed by atoms with Crippen molar-refractivity contribution in [2.45, 2.75) is 12.6 Å². The summed E-state index contributed by atoms with van der Waals surface area (Å²) < 4.78 is 5.39. The van der Waals surface area contributed by atoms with Crippen LogP contribution in [0.4, 0.5) is 0 Å². The second kappa shape index (κ2) is 8.27. The van der Waals surface area contributed by atoms with Crippen LogP contribution in [0.15, 0.2) is 84.8 Å². The maximum Gasteiger partial charge on any atom is 0.295 e. The Bertz CT molecular complexity index is 1390. The Morgan fingerprint density at radius 1 is 1.09 bits per heavy atom. The molecule has 0 spiro atoms. The molecule has 0 saturated carbocycles. The van der Waals surface area contributed by atoms with Crippen molar-refractivity contribution in [2.24, 2.45) is 0 Å². The van der Waals surface area contributed by atoms with E-state index in [4.69, 9.17) is 4.74 Å². The van der Waals surface area contributed by atoms with E-state index in [0.717, 1.165) is 22.0 Å². The number of ketones is 1. The molecular formula is C26H21N3O4. The Hall–Kier alpha value is -4.39. The number of carbonyl (C=O) groups is 2. The van der Waals surface area contributed by atoms with Crippen LogP contribution in [0.1, 0.15) is 22.7 Å². The minimum Gasteiger partial charge on any atom is -0.507 e. The second-order valence-corrected chi connectivity index (χ2v) is 7.78. The first kappa shape index (κ1) is 20.5. The maximum absolute atomic E-state index is 13.3. The van der Waals surface area contributed by atoms with Gasteiger partial charge >= 0.3 is 0 Å². The number of hydrogen-bond donors (Lipinski definition) is 2. The van der Waals surface area contributed by atoms with Crippen molar-refractivity contribution in [1.29, 1.82) is 0 Å². The molecule has 1 aliphatic heterocycles. The van der Waals surface area contributed by atoms with Crippen LogP contribution in [0.5, 0.6) is 5.75 Å². The molecule has 3 heterocycles. The molecule has 7 heteroatoms. The molecule has 1 atom stereocenters. The smallest absolute Gasteiger partial charge is 0.295 e. The number of aliphatic hydroxyl groups is 1. The van der Waals surface area contributed by atoms with Gasteiger partial charge in [0.15, 0.2) is 0 Å². The van der Waals surface area contributed by atoms with Crippen molar-refractivity contribution in [2.75, 3.05) is 7.11 Å². The van der Waals surface area contributed by atoms with Gasteiger partial charge in [0, 0.05) is 41.6 Å². The number of aromatic nitrogens is 2. The third kappa shape index (κ3) is 3.43. The highest BCUT2D eigenvalue weighted by molar-refractivity contribution is 6.46. The van der Waals surface area contributed by atoms with Gasteiger partial charge in [-0.2, -0.15) is 0 Å². The number of ether oxygens (including phenoxy) is 1. The van der Waals surface area contributed by atoms with E-state index in [1.807, 2.05) is 30.3 Å². The molecule has 1 amide bonds. The highest BCUT2D eigenvalue weighted by Crippen LogP contribution is 2.43. The predicted octanol–water partition coefficient (Wildman–Crippen LogP) is 4.19. The van der Waals surface area contributed by atoms with Crippen LogP contribution in [-0.2, 0) is 16.1 Å². The van der Waals surface area contributed by atoms with Gasteiger partial charge < -0.3 is 19.7 Å².